The van der Waals surface area contributed by atoms with Gasteiger partial charge in [-0.05, 0) is 44.0 Å². The van der Waals surface area contributed by atoms with Crippen molar-refractivity contribution in [2.75, 3.05) is 4.72 Å². The lowest BCUT2D eigenvalue weighted by Gasteiger charge is -2.38. The number of aromatic nitrogens is 2. The number of benzene rings is 2. The van der Waals surface area contributed by atoms with E-state index in [9.17, 15) is 21.6 Å². The Kier molecular flexibility index (Phi) is 5.62. The van der Waals surface area contributed by atoms with Gasteiger partial charge in [0.25, 0.3) is 10.0 Å². The van der Waals surface area contributed by atoms with Gasteiger partial charge in [0.2, 0.25) is 5.13 Å². The second-order valence-corrected chi connectivity index (χ2v) is 10.8. The van der Waals surface area contributed by atoms with Crippen LogP contribution in [0.25, 0.3) is 0 Å². The minimum atomic E-state index is -4.50. The highest BCUT2D eigenvalue weighted by Gasteiger charge is 2.37. The fourth-order valence-corrected chi connectivity index (χ4v) is 5.67. The standard InChI is InChI=1S/C20H17ClF3N3O3S2/c1-19(2)9-15(13-5-3-11(7-16(13)21)20(22,23)24)14-6-4-12(8-17(14)30-19)32(28,29)27-18-26-25-10-31-18/h3-8,10,15H,9H2,1-2H3,(H,26,27). The zero-order chi connectivity index (χ0) is 23.3. The zero-order valence-electron chi connectivity index (χ0n) is 16.8. The predicted molar refractivity (Wildman–Crippen MR) is 115 cm³/mol. The molecule has 1 N–H and O–H groups in total. The van der Waals surface area contributed by atoms with Crippen molar-refractivity contribution in [1.82, 2.24) is 10.2 Å². The molecule has 0 spiro atoms. The van der Waals surface area contributed by atoms with Crippen LogP contribution in [-0.4, -0.2) is 24.2 Å². The predicted octanol–water partition coefficient (Wildman–Crippen LogP) is 5.70. The van der Waals surface area contributed by atoms with Crippen molar-refractivity contribution in [3.63, 3.8) is 0 Å². The number of nitrogens with one attached hydrogen (secondary N) is 1. The van der Waals surface area contributed by atoms with Gasteiger partial charge < -0.3 is 4.74 Å². The summed E-state index contributed by atoms with van der Waals surface area (Å²) < 4.78 is 73.0. The first kappa shape index (κ1) is 22.8. The van der Waals surface area contributed by atoms with E-state index in [4.69, 9.17) is 16.3 Å². The van der Waals surface area contributed by atoms with Gasteiger partial charge >= 0.3 is 6.18 Å². The molecule has 0 saturated carbocycles. The van der Waals surface area contributed by atoms with E-state index >= 15 is 0 Å². The number of anilines is 1. The van der Waals surface area contributed by atoms with E-state index in [2.05, 4.69) is 14.9 Å². The Morgan fingerprint density at radius 1 is 1.19 bits per heavy atom. The van der Waals surface area contributed by atoms with Crippen LogP contribution in [0.15, 0.2) is 46.8 Å². The summed E-state index contributed by atoms with van der Waals surface area (Å²) in [6.45, 7) is 3.64. The van der Waals surface area contributed by atoms with Gasteiger partial charge in [0.05, 0.1) is 10.5 Å². The number of hydrogen-bond acceptors (Lipinski definition) is 6. The van der Waals surface area contributed by atoms with Gasteiger partial charge in [-0.2, -0.15) is 13.2 Å². The van der Waals surface area contributed by atoms with Crippen LogP contribution in [-0.2, 0) is 16.2 Å². The fourth-order valence-electron chi connectivity index (χ4n) is 3.65. The van der Waals surface area contributed by atoms with Crippen LogP contribution in [0.3, 0.4) is 0 Å². The first-order valence-corrected chi connectivity index (χ1v) is 12.1. The van der Waals surface area contributed by atoms with Gasteiger partial charge in [0.1, 0.15) is 16.9 Å². The molecule has 12 heteroatoms. The van der Waals surface area contributed by atoms with E-state index in [0.29, 0.717) is 23.3 Å². The SMILES string of the molecule is CC1(C)CC(c2ccc(C(F)(F)F)cc2Cl)c2ccc(S(=O)(=O)Nc3nncs3)cc2O1. The maximum atomic E-state index is 13.0. The average Bonchev–Trinajstić information content (AvgIpc) is 3.17. The summed E-state index contributed by atoms with van der Waals surface area (Å²) in [5.41, 5.74) is 1.01. The summed E-state index contributed by atoms with van der Waals surface area (Å²) in [5, 5.41) is 7.38. The number of halogens is 4. The highest BCUT2D eigenvalue weighted by molar-refractivity contribution is 7.93. The molecule has 0 bridgehead atoms. The van der Waals surface area contributed by atoms with Crippen molar-refractivity contribution < 1.29 is 26.3 Å². The summed E-state index contributed by atoms with van der Waals surface area (Å²) in [4.78, 5) is -0.0404. The summed E-state index contributed by atoms with van der Waals surface area (Å²) in [6, 6.07) is 7.66. The second kappa shape index (κ2) is 7.89. The Morgan fingerprint density at radius 2 is 1.91 bits per heavy atom. The van der Waals surface area contributed by atoms with Crippen LogP contribution in [0.1, 0.15) is 42.9 Å². The fraction of sp³-hybridized carbons (Fsp3) is 0.300. The quantitative estimate of drug-likeness (QED) is 0.493. The Bertz CT molecular complexity index is 1260. The van der Waals surface area contributed by atoms with Crippen molar-refractivity contribution in [2.24, 2.45) is 0 Å². The molecule has 3 aromatic rings. The lowest BCUT2D eigenvalue weighted by Crippen LogP contribution is -2.35. The normalized spacial score (nSPS) is 18.0. The first-order valence-electron chi connectivity index (χ1n) is 9.34. The Morgan fingerprint density at radius 3 is 2.53 bits per heavy atom. The van der Waals surface area contributed by atoms with Gasteiger partial charge in [-0.1, -0.05) is 35.1 Å². The summed E-state index contributed by atoms with van der Waals surface area (Å²) >= 11 is 7.29. The molecule has 1 aromatic heterocycles. The number of rotatable bonds is 4. The number of nitrogens with zero attached hydrogens (tertiary/aromatic N) is 2. The van der Waals surface area contributed by atoms with Gasteiger partial charge in [-0.25, -0.2) is 8.42 Å². The van der Waals surface area contributed by atoms with E-state index in [0.717, 1.165) is 23.5 Å². The molecule has 6 nitrogen and oxygen atoms in total. The summed E-state index contributed by atoms with van der Waals surface area (Å²) in [6.07, 6.45) is -4.06. The van der Waals surface area contributed by atoms with E-state index in [1.54, 1.807) is 6.07 Å². The lowest BCUT2D eigenvalue weighted by atomic mass is 9.80. The van der Waals surface area contributed by atoms with Crippen molar-refractivity contribution >= 4 is 38.1 Å². The van der Waals surface area contributed by atoms with Crippen molar-refractivity contribution in [2.45, 2.75) is 42.9 Å². The van der Waals surface area contributed by atoms with Crippen LogP contribution in [0, 0.1) is 0 Å². The average molecular weight is 504 g/mol. The highest BCUT2D eigenvalue weighted by atomic mass is 35.5. The molecule has 2 heterocycles. The maximum Gasteiger partial charge on any atom is 0.416 e. The third-order valence-electron chi connectivity index (χ3n) is 5.04. The molecule has 0 amide bonds. The highest BCUT2D eigenvalue weighted by Crippen LogP contribution is 2.47. The zero-order valence-corrected chi connectivity index (χ0v) is 19.2. The molecular weight excluding hydrogens is 487 g/mol. The maximum absolute atomic E-state index is 13.0. The number of hydrogen-bond donors (Lipinski definition) is 1. The molecule has 1 aliphatic rings. The van der Waals surface area contributed by atoms with Gasteiger partial charge in [-0.3, -0.25) is 4.72 Å². The number of fused-ring (bicyclic) bond motifs is 1. The van der Waals surface area contributed by atoms with Crippen LogP contribution in [0.4, 0.5) is 18.3 Å². The third-order valence-corrected chi connectivity index (χ3v) is 7.44. The monoisotopic (exact) mass is 503 g/mol. The smallest absolute Gasteiger partial charge is 0.416 e. The molecule has 4 rings (SSSR count). The van der Waals surface area contributed by atoms with Crippen molar-refractivity contribution in [3.8, 4) is 5.75 Å². The number of sulfonamides is 1. The lowest BCUT2D eigenvalue weighted by molar-refractivity contribution is -0.137. The largest absolute Gasteiger partial charge is 0.487 e. The molecule has 170 valence electrons. The Hall–Kier alpha value is -2.37. The topological polar surface area (TPSA) is 81.2 Å². The first-order chi connectivity index (χ1) is 14.9. The van der Waals surface area contributed by atoms with Crippen molar-refractivity contribution in [1.29, 1.82) is 0 Å². The van der Waals surface area contributed by atoms with Crippen molar-refractivity contribution in [3.05, 3.63) is 63.6 Å². The van der Waals surface area contributed by atoms with Crippen LogP contribution in [0.2, 0.25) is 5.02 Å². The molecule has 1 unspecified atom stereocenters. The molecule has 0 aliphatic carbocycles. The number of ether oxygens (including phenoxy) is 1. The van der Waals surface area contributed by atoms with Crippen LogP contribution in [0.5, 0.6) is 5.75 Å². The van der Waals surface area contributed by atoms with E-state index in [1.807, 2.05) is 13.8 Å². The van der Waals surface area contributed by atoms with Crippen LogP contribution < -0.4 is 9.46 Å². The number of alkyl halides is 3. The molecule has 32 heavy (non-hydrogen) atoms. The summed E-state index contributed by atoms with van der Waals surface area (Å²) in [5.74, 6) is -0.0567. The molecule has 0 fully saturated rings. The minimum Gasteiger partial charge on any atom is -0.487 e. The third kappa shape index (κ3) is 4.55. The minimum absolute atomic E-state index is 0.0110. The summed E-state index contributed by atoms with van der Waals surface area (Å²) in [7, 11) is -3.94. The molecular formula is C20H17ClF3N3O3S2. The molecule has 2 aromatic carbocycles. The van der Waals surface area contributed by atoms with Crippen LogP contribution >= 0.6 is 22.9 Å². The van der Waals surface area contributed by atoms with Gasteiger partial charge in [0, 0.05) is 22.6 Å². The Labute approximate surface area is 191 Å². The van der Waals surface area contributed by atoms with Gasteiger partial charge in [0.15, 0.2) is 0 Å². The molecule has 1 atom stereocenters. The Balaban J connectivity index is 1.75. The van der Waals surface area contributed by atoms with E-state index < -0.39 is 27.4 Å². The molecule has 1 aliphatic heterocycles. The van der Waals surface area contributed by atoms with E-state index in [-0.39, 0.29) is 21.0 Å². The van der Waals surface area contributed by atoms with Gasteiger partial charge in [-0.15, -0.1) is 10.2 Å². The molecule has 0 saturated heterocycles. The second-order valence-electron chi connectivity index (χ2n) is 7.90. The molecule has 0 radical (unpaired) electrons. The van der Waals surface area contributed by atoms with E-state index in [1.165, 1.54) is 23.7 Å².